The third-order valence-corrected chi connectivity index (χ3v) is 2.14. The zero-order chi connectivity index (χ0) is 10.6. The van der Waals surface area contributed by atoms with Crippen LogP contribution in [0.3, 0.4) is 0 Å². The quantitative estimate of drug-likeness (QED) is 0.779. The minimum Gasteiger partial charge on any atom is -0.392 e. The number of hydrogen-bond acceptors (Lipinski definition) is 2. The number of rotatable bonds is 2. The smallest absolute Gasteiger partial charge is 0.0650 e. The zero-order valence-corrected chi connectivity index (χ0v) is 8.99. The fourth-order valence-electron chi connectivity index (χ4n) is 1.14. The molecule has 0 aliphatic heterocycles. The van der Waals surface area contributed by atoms with Gasteiger partial charge in [0.1, 0.15) is 0 Å². The van der Waals surface area contributed by atoms with Crippen LogP contribution in [0.4, 0.5) is 0 Å². The molecule has 0 fully saturated rings. The van der Waals surface area contributed by atoms with E-state index in [0.717, 1.165) is 11.3 Å². The van der Waals surface area contributed by atoms with Gasteiger partial charge in [0.25, 0.3) is 0 Å². The molecule has 0 atom stereocenters. The second-order valence-corrected chi connectivity index (χ2v) is 4.33. The van der Waals surface area contributed by atoms with Crippen molar-refractivity contribution in [3.63, 3.8) is 0 Å². The summed E-state index contributed by atoms with van der Waals surface area (Å²) in [6.45, 7) is 6.33. The summed E-state index contributed by atoms with van der Waals surface area (Å²) in [5.74, 6) is 0. The van der Waals surface area contributed by atoms with Gasteiger partial charge in [-0.1, -0.05) is 26.8 Å². The van der Waals surface area contributed by atoms with Crippen LogP contribution >= 0.6 is 0 Å². The fraction of sp³-hybridized carbons (Fsp3) is 0.417. The lowest BCUT2D eigenvalue weighted by Gasteiger charge is -2.21. The van der Waals surface area contributed by atoms with Crippen molar-refractivity contribution >= 4 is 6.08 Å². The molecule has 1 heterocycles. The number of aromatic nitrogens is 1. The molecule has 0 bridgehead atoms. The molecule has 2 nitrogen and oxygen atoms in total. The van der Waals surface area contributed by atoms with Crippen molar-refractivity contribution < 1.29 is 5.11 Å². The van der Waals surface area contributed by atoms with Crippen LogP contribution in [0.25, 0.3) is 6.08 Å². The van der Waals surface area contributed by atoms with E-state index in [9.17, 15) is 5.11 Å². The summed E-state index contributed by atoms with van der Waals surface area (Å²) in [4.78, 5) is 4.19. The molecule has 0 aromatic carbocycles. The molecule has 0 spiro atoms. The first-order chi connectivity index (χ1) is 6.54. The summed E-state index contributed by atoms with van der Waals surface area (Å²) < 4.78 is 0. The lowest BCUT2D eigenvalue weighted by atomic mass is 9.86. The molecule has 0 aliphatic rings. The lowest BCUT2D eigenvalue weighted by molar-refractivity contribution is 0.298. The van der Waals surface area contributed by atoms with E-state index in [2.05, 4.69) is 25.8 Å². The Morgan fingerprint density at radius 2 is 2.14 bits per heavy atom. The largest absolute Gasteiger partial charge is 0.392 e. The maximum atomic E-state index is 9.23. The van der Waals surface area contributed by atoms with Crippen molar-refractivity contribution in [2.75, 3.05) is 6.61 Å². The molecular weight excluding hydrogens is 174 g/mol. The van der Waals surface area contributed by atoms with Gasteiger partial charge in [0, 0.05) is 6.20 Å². The van der Waals surface area contributed by atoms with Gasteiger partial charge in [-0.3, -0.25) is 4.98 Å². The van der Waals surface area contributed by atoms with Gasteiger partial charge in [-0.05, 0) is 29.2 Å². The highest BCUT2D eigenvalue weighted by atomic mass is 16.3. The number of hydrogen-bond donors (Lipinski definition) is 1. The first-order valence-corrected chi connectivity index (χ1v) is 4.77. The normalized spacial score (nSPS) is 13.0. The van der Waals surface area contributed by atoms with E-state index in [-0.39, 0.29) is 12.0 Å². The van der Waals surface area contributed by atoms with Gasteiger partial charge in [-0.2, -0.15) is 0 Å². The van der Waals surface area contributed by atoms with Crippen molar-refractivity contribution in [3.8, 4) is 0 Å². The van der Waals surface area contributed by atoms with Crippen LogP contribution in [-0.2, 0) is 0 Å². The molecule has 1 aromatic heterocycles. The van der Waals surface area contributed by atoms with Gasteiger partial charge in [0.15, 0.2) is 0 Å². The van der Waals surface area contributed by atoms with Crippen LogP contribution < -0.4 is 0 Å². The molecule has 0 radical (unpaired) electrons. The fourth-order valence-corrected chi connectivity index (χ4v) is 1.14. The van der Waals surface area contributed by atoms with E-state index in [1.54, 1.807) is 6.20 Å². The predicted molar refractivity (Wildman–Crippen MR) is 58.8 cm³/mol. The van der Waals surface area contributed by atoms with Crippen LogP contribution in [0.5, 0.6) is 0 Å². The van der Waals surface area contributed by atoms with Gasteiger partial charge in [-0.15, -0.1) is 0 Å². The van der Waals surface area contributed by atoms with Crippen LogP contribution in [0.15, 0.2) is 30.0 Å². The van der Waals surface area contributed by atoms with Gasteiger partial charge in [0.2, 0.25) is 0 Å². The third kappa shape index (κ3) is 2.96. The second kappa shape index (κ2) is 4.38. The highest BCUT2D eigenvalue weighted by molar-refractivity contribution is 5.50. The average Bonchev–Trinajstić information content (AvgIpc) is 2.14. The predicted octanol–water partition coefficient (Wildman–Crippen LogP) is 2.50. The second-order valence-electron chi connectivity index (χ2n) is 4.33. The van der Waals surface area contributed by atoms with Crippen molar-refractivity contribution in [2.45, 2.75) is 20.8 Å². The molecule has 0 unspecified atom stereocenters. The standard InChI is InChI=1S/C12H17NO/c1-12(2,3)10(9-14)8-11-6-4-5-7-13-11/h4-8,14H,9H2,1-3H3/b10-8+. The summed E-state index contributed by atoms with van der Waals surface area (Å²) in [5.41, 5.74) is 1.88. The maximum absolute atomic E-state index is 9.23. The number of aliphatic hydroxyl groups excluding tert-OH is 1. The van der Waals surface area contributed by atoms with Crippen molar-refractivity contribution in [1.82, 2.24) is 4.98 Å². The van der Waals surface area contributed by atoms with Gasteiger partial charge in [-0.25, -0.2) is 0 Å². The molecule has 0 amide bonds. The molecule has 76 valence electrons. The number of aliphatic hydroxyl groups is 1. The number of nitrogens with zero attached hydrogens (tertiary/aromatic N) is 1. The summed E-state index contributed by atoms with van der Waals surface area (Å²) in [5, 5.41) is 9.23. The molecule has 14 heavy (non-hydrogen) atoms. The minimum absolute atomic E-state index is 0.00767. The monoisotopic (exact) mass is 191 g/mol. The summed E-state index contributed by atoms with van der Waals surface area (Å²) in [6, 6.07) is 5.75. The lowest BCUT2D eigenvalue weighted by Crippen LogP contribution is -2.12. The summed E-state index contributed by atoms with van der Waals surface area (Å²) in [7, 11) is 0. The Kier molecular flexibility index (Phi) is 3.42. The molecule has 0 aliphatic carbocycles. The topological polar surface area (TPSA) is 33.1 Å². The van der Waals surface area contributed by atoms with Crippen LogP contribution in [0.2, 0.25) is 0 Å². The average molecular weight is 191 g/mol. The van der Waals surface area contributed by atoms with E-state index in [1.807, 2.05) is 24.3 Å². The van der Waals surface area contributed by atoms with Gasteiger partial charge in [0.05, 0.1) is 12.3 Å². The van der Waals surface area contributed by atoms with Crippen molar-refractivity contribution in [2.24, 2.45) is 5.41 Å². The van der Waals surface area contributed by atoms with E-state index in [1.165, 1.54) is 0 Å². The van der Waals surface area contributed by atoms with Crippen molar-refractivity contribution in [1.29, 1.82) is 0 Å². The Hall–Kier alpha value is -1.15. The molecule has 0 saturated carbocycles. The van der Waals surface area contributed by atoms with Crippen molar-refractivity contribution in [3.05, 3.63) is 35.7 Å². The Labute approximate surface area is 85.3 Å². The first-order valence-electron chi connectivity index (χ1n) is 4.77. The SMILES string of the molecule is CC(C)(C)/C(=C/c1ccccn1)CO. The van der Waals surface area contributed by atoms with Gasteiger partial charge < -0.3 is 5.11 Å². The zero-order valence-electron chi connectivity index (χ0n) is 8.99. The van der Waals surface area contributed by atoms with Gasteiger partial charge >= 0.3 is 0 Å². The maximum Gasteiger partial charge on any atom is 0.0650 e. The molecule has 1 rings (SSSR count). The van der Waals surface area contributed by atoms with E-state index in [0.29, 0.717) is 0 Å². The first kappa shape index (κ1) is 10.9. The molecule has 2 heteroatoms. The van der Waals surface area contributed by atoms with E-state index < -0.39 is 0 Å². The molecule has 1 aromatic rings. The van der Waals surface area contributed by atoms with E-state index >= 15 is 0 Å². The minimum atomic E-state index is -0.00767. The van der Waals surface area contributed by atoms with E-state index in [4.69, 9.17) is 0 Å². The molecular formula is C12H17NO. The Morgan fingerprint density at radius 1 is 1.43 bits per heavy atom. The highest BCUT2D eigenvalue weighted by Gasteiger charge is 2.15. The Balaban J connectivity index is 2.96. The van der Waals surface area contributed by atoms with Crippen LogP contribution in [-0.4, -0.2) is 16.7 Å². The van der Waals surface area contributed by atoms with Crippen LogP contribution in [0.1, 0.15) is 26.5 Å². The number of pyridine rings is 1. The highest BCUT2D eigenvalue weighted by Crippen LogP contribution is 2.25. The third-order valence-electron chi connectivity index (χ3n) is 2.14. The Bertz CT molecular complexity index is 309. The molecule has 0 saturated heterocycles. The Morgan fingerprint density at radius 3 is 2.57 bits per heavy atom. The summed E-state index contributed by atoms with van der Waals surface area (Å²) in [6.07, 6.45) is 3.70. The molecule has 1 N–H and O–H groups in total. The van der Waals surface area contributed by atoms with Crippen LogP contribution in [0, 0.1) is 5.41 Å². The summed E-state index contributed by atoms with van der Waals surface area (Å²) >= 11 is 0.